The summed E-state index contributed by atoms with van der Waals surface area (Å²) in [5.74, 6) is 0.720. The van der Waals surface area contributed by atoms with Crippen molar-refractivity contribution in [2.45, 2.75) is 32.3 Å². The molecule has 0 atom stereocenters. The van der Waals surface area contributed by atoms with Gasteiger partial charge in [-0.2, -0.15) is 0 Å². The minimum absolute atomic E-state index is 0.296. The summed E-state index contributed by atoms with van der Waals surface area (Å²) in [7, 11) is 0. The minimum atomic E-state index is -0.755. The molecule has 6 nitrogen and oxygen atoms in total. The zero-order chi connectivity index (χ0) is 13.7. The molecule has 0 fully saturated rings. The van der Waals surface area contributed by atoms with Gasteiger partial charge in [-0.25, -0.2) is 4.68 Å². The van der Waals surface area contributed by atoms with Crippen molar-refractivity contribution in [2.24, 2.45) is 0 Å². The van der Waals surface area contributed by atoms with Crippen molar-refractivity contribution in [3.63, 3.8) is 0 Å². The van der Waals surface area contributed by atoms with Gasteiger partial charge in [0.25, 0.3) is 0 Å². The Balaban J connectivity index is 2.00. The number of tetrazole rings is 1. The number of aromatic nitrogens is 4. The first-order valence-electron chi connectivity index (χ1n) is 6.35. The van der Waals surface area contributed by atoms with Crippen molar-refractivity contribution in [2.75, 3.05) is 6.61 Å². The average Bonchev–Trinajstić information content (AvgIpc) is 2.99. The van der Waals surface area contributed by atoms with Crippen LogP contribution >= 0.6 is 0 Å². The van der Waals surface area contributed by atoms with Crippen LogP contribution in [-0.4, -0.2) is 37.5 Å². The lowest BCUT2D eigenvalue weighted by Gasteiger charge is -2.25. The number of benzene rings is 1. The van der Waals surface area contributed by atoms with E-state index in [2.05, 4.69) is 15.5 Å². The van der Waals surface area contributed by atoms with Gasteiger partial charge < -0.3 is 9.84 Å². The van der Waals surface area contributed by atoms with E-state index in [-0.39, 0.29) is 0 Å². The summed E-state index contributed by atoms with van der Waals surface area (Å²) in [4.78, 5) is 0. The number of nitrogens with zero attached hydrogens (tertiary/aromatic N) is 4. The normalized spacial score (nSPS) is 11.5. The Labute approximate surface area is 112 Å². The second-order valence-electron chi connectivity index (χ2n) is 4.47. The highest BCUT2D eigenvalue weighted by Gasteiger charge is 2.22. The standard InChI is InChI=1S/C13H18N4O2/c1-3-13(18,4-2)9-19-12-7-5-11(6-8-12)17-10-14-15-16-17/h5-8,10,18H,3-4,9H2,1-2H3. The summed E-state index contributed by atoms with van der Waals surface area (Å²) < 4.78 is 7.18. The summed E-state index contributed by atoms with van der Waals surface area (Å²) in [6.45, 7) is 4.20. The highest BCUT2D eigenvalue weighted by atomic mass is 16.5. The highest BCUT2D eigenvalue weighted by molar-refractivity contribution is 5.36. The quantitative estimate of drug-likeness (QED) is 0.855. The summed E-state index contributed by atoms with van der Waals surface area (Å²) in [5, 5.41) is 21.1. The van der Waals surface area contributed by atoms with E-state index < -0.39 is 5.60 Å². The molecule has 102 valence electrons. The Bertz CT molecular complexity index is 492. The Hall–Kier alpha value is -1.95. The summed E-state index contributed by atoms with van der Waals surface area (Å²) in [6.07, 6.45) is 2.88. The molecule has 0 radical (unpaired) electrons. The third-order valence-corrected chi connectivity index (χ3v) is 3.27. The molecule has 0 spiro atoms. The Morgan fingerprint density at radius 2 is 1.89 bits per heavy atom. The molecule has 2 aromatic rings. The van der Waals surface area contributed by atoms with Crippen molar-refractivity contribution in [3.8, 4) is 11.4 Å². The molecular weight excluding hydrogens is 244 g/mol. The summed E-state index contributed by atoms with van der Waals surface area (Å²) in [6, 6.07) is 7.40. The number of hydrogen-bond donors (Lipinski definition) is 1. The predicted molar refractivity (Wildman–Crippen MR) is 70.2 cm³/mol. The lowest BCUT2D eigenvalue weighted by atomic mass is 9.99. The molecule has 6 heteroatoms. The zero-order valence-corrected chi connectivity index (χ0v) is 11.2. The molecule has 19 heavy (non-hydrogen) atoms. The number of rotatable bonds is 6. The molecule has 0 bridgehead atoms. The van der Waals surface area contributed by atoms with Gasteiger partial charge >= 0.3 is 0 Å². The Kier molecular flexibility index (Phi) is 4.11. The van der Waals surface area contributed by atoms with E-state index in [0.717, 1.165) is 11.4 Å². The summed E-state index contributed by atoms with van der Waals surface area (Å²) >= 11 is 0. The van der Waals surface area contributed by atoms with Crippen molar-refractivity contribution in [1.29, 1.82) is 0 Å². The molecule has 0 aliphatic heterocycles. The zero-order valence-electron chi connectivity index (χ0n) is 11.2. The lowest BCUT2D eigenvalue weighted by Crippen LogP contribution is -2.34. The van der Waals surface area contributed by atoms with Gasteiger partial charge in [-0.15, -0.1) is 5.10 Å². The fourth-order valence-electron chi connectivity index (χ4n) is 1.65. The molecule has 1 aromatic heterocycles. The maximum atomic E-state index is 10.1. The van der Waals surface area contributed by atoms with Crippen LogP contribution in [0.3, 0.4) is 0 Å². The van der Waals surface area contributed by atoms with Crippen LogP contribution < -0.4 is 4.74 Å². The van der Waals surface area contributed by atoms with Crippen LogP contribution in [0.25, 0.3) is 5.69 Å². The van der Waals surface area contributed by atoms with Gasteiger partial charge in [0.15, 0.2) is 0 Å². The first kappa shape index (κ1) is 13.5. The lowest BCUT2D eigenvalue weighted by molar-refractivity contribution is -0.0113. The van der Waals surface area contributed by atoms with E-state index in [4.69, 9.17) is 4.74 Å². The molecule has 1 aromatic carbocycles. The molecule has 0 aliphatic rings. The molecule has 1 heterocycles. The van der Waals surface area contributed by atoms with Crippen molar-refractivity contribution in [1.82, 2.24) is 20.2 Å². The number of hydrogen-bond acceptors (Lipinski definition) is 5. The predicted octanol–water partition coefficient (Wildman–Crippen LogP) is 1.59. The van der Waals surface area contributed by atoms with Crippen molar-refractivity contribution in [3.05, 3.63) is 30.6 Å². The average molecular weight is 262 g/mol. The third kappa shape index (κ3) is 3.29. The van der Waals surface area contributed by atoms with E-state index in [1.165, 1.54) is 6.33 Å². The van der Waals surface area contributed by atoms with Crippen LogP contribution in [0.2, 0.25) is 0 Å². The van der Waals surface area contributed by atoms with Crippen LogP contribution in [0.5, 0.6) is 5.75 Å². The second-order valence-corrected chi connectivity index (χ2v) is 4.47. The van der Waals surface area contributed by atoms with Crippen LogP contribution in [0.4, 0.5) is 0 Å². The molecule has 0 saturated heterocycles. The fourth-order valence-corrected chi connectivity index (χ4v) is 1.65. The van der Waals surface area contributed by atoms with E-state index in [1.807, 2.05) is 38.1 Å². The molecular formula is C13H18N4O2. The van der Waals surface area contributed by atoms with Gasteiger partial charge in [-0.1, -0.05) is 13.8 Å². The van der Waals surface area contributed by atoms with Crippen LogP contribution in [-0.2, 0) is 0 Å². The van der Waals surface area contributed by atoms with Gasteiger partial charge in [0.2, 0.25) is 0 Å². The molecule has 0 amide bonds. The molecule has 0 saturated carbocycles. The first-order valence-corrected chi connectivity index (χ1v) is 6.35. The van der Waals surface area contributed by atoms with E-state index >= 15 is 0 Å². The van der Waals surface area contributed by atoms with Gasteiger partial charge in [-0.3, -0.25) is 0 Å². The second kappa shape index (κ2) is 5.79. The summed E-state index contributed by atoms with van der Waals surface area (Å²) in [5.41, 5.74) is 0.104. The fraction of sp³-hybridized carbons (Fsp3) is 0.462. The first-order chi connectivity index (χ1) is 9.17. The van der Waals surface area contributed by atoms with E-state index in [1.54, 1.807) is 4.68 Å². The van der Waals surface area contributed by atoms with E-state index in [0.29, 0.717) is 19.4 Å². The van der Waals surface area contributed by atoms with Crippen LogP contribution in [0.1, 0.15) is 26.7 Å². The monoisotopic (exact) mass is 262 g/mol. The van der Waals surface area contributed by atoms with Crippen LogP contribution in [0.15, 0.2) is 30.6 Å². The van der Waals surface area contributed by atoms with E-state index in [9.17, 15) is 5.11 Å². The third-order valence-electron chi connectivity index (χ3n) is 3.27. The maximum absolute atomic E-state index is 10.1. The topological polar surface area (TPSA) is 73.1 Å². The SMILES string of the molecule is CCC(O)(CC)COc1ccc(-n2cnnn2)cc1. The van der Waals surface area contributed by atoms with Gasteiger partial charge in [-0.05, 0) is 47.5 Å². The molecule has 0 unspecified atom stereocenters. The Morgan fingerprint density at radius 1 is 1.21 bits per heavy atom. The Morgan fingerprint density at radius 3 is 2.42 bits per heavy atom. The van der Waals surface area contributed by atoms with Crippen molar-refractivity contribution < 1.29 is 9.84 Å². The van der Waals surface area contributed by atoms with Gasteiger partial charge in [0.1, 0.15) is 18.7 Å². The van der Waals surface area contributed by atoms with Gasteiger partial charge in [0.05, 0.1) is 11.3 Å². The molecule has 2 rings (SSSR count). The minimum Gasteiger partial charge on any atom is -0.491 e. The smallest absolute Gasteiger partial charge is 0.143 e. The van der Waals surface area contributed by atoms with Crippen LogP contribution in [0, 0.1) is 0 Å². The highest BCUT2D eigenvalue weighted by Crippen LogP contribution is 2.19. The molecule has 1 N–H and O–H groups in total. The molecule has 0 aliphatic carbocycles. The number of ether oxygens (including phenoxy) is 1. The maximum Gasteiger partial charge on any atom is 0.143 e. The van der Waals surface area contributed by atoms with Crippen molar-refractivity contribution >= 4 is 0 Å². The van der Waals surface area contributed by atoms with Gasteiger partial charge in [0, 0.05) is 0 Å². The number of aliphatic hydroxyl groups is 1. The largest absolute Gasteiger partial charge is 0.491 e.